The first-order valence-corrected chi connectivity index (χ1v) is 3.93. The minimum Gasteiger partial charge on any atom is -0.466 e. The van der Waals surface area contributed by atoms with Crippen molar-refractivity contribution in [3.05, 3.63) is 17.8 Å². The number of hydrogen-bond acceptors (Lipinski definition) is 5. The summed E-state index contributed by atoms with van der Waals surface area (Å²) in [7, 11) is 0. The molecule has 1 aromatic rings. The quantitative estimate of drug-likeness (QED) is 0.345. The van der Waals surface area contributed by atoms with Crippen molar-refractivity contribution in [1.29, 1.82) is 0 Å². The van der Waals surface area contributed by atoms with Gasteiger partial charge in [-0.25, -0.2) is 0 Å². The van der Waals surface area contributed by atoms with Crippen molar-refractivity contribution in [3.8, 4) is 5.88 Å². The van der Waals surface area contributed by atoms with E-state index in [1.165, 1.54) is 12.3 Å². The average molecular weight is 236 g/mol. The summed E-state index contributed by atoms with van der Waals surface area (Å²) in [4.78, 5) is 0. The van der Waals surface area contributed by atoms with E-state index in [1.807, 2.05) is 0 Å². The summed E-state index contributed by atoms with van der Waals surface area (Å²) in [6.07, 6.45) is -3.33. The number of amidine groups is 1. The molecule has 88 valence electrons. The van der Waals surface area contributed by atoms with Crippen molar-refractivity contribution in [2.45, 2.75) is 6.18 Å². The number of aromatic nitrogens is 2. The van der Waals surface area contributed by atoms with Crippen LogP contribution in [0.15, 0.2) is 17.4 Å². The molecule has 1 heterocycles. The van der Waals surface area contributed by atoms with E-state index in [9.17, 15) is 13.2 Å². The van der Waals surface area contributed by atoms with Crippen LogP contribution in [-0.2, 0) is 0 Å². The van der Waals surface area contributed by atoms with E-state index in [1.54, 1.807) is 0 Å². The Hall–Kier alpha value is -2.06. The number of nitrogens with zero attached hydrogens (tertiary/aromatic N) is 3. The van der Waals surface area contributed by atoms with E-state index in [0.717, 1.165) is 0 Å². The highest BCUT2D eigenvalue weighted by Gasteiger charge is 2.29. The van der Waals surface area contributed by atoms with E-state index >= 15 is 0 Å². The van der Waals surface area contributed by atoms with Gasteiger partial charge in [0.15, 0.2) is 12.4 Å². The topological polar surface area (TPSA) is 93.6 Å². The van der Waals surface area contributed by atoms with Crippen LogP contribution in [0.5, 0.6) is 5.88 Å². The zero-order valence-corrected chi connectivity index (χ0v) is 7.77. The van der Waals surface area contributed by atoms with Gasteiger partial charge in [0.2, 0.25) is 5.88 Å². The molecule has 3 N–H and O–H groups in total. The fourth-order valence-corrected chi connectivity index (χ4v) is 0.824. The van der Waals surface area contributed by atoms with E-state index < -0.39 is 24.5 Å². The molecule has 0 aliphatic carbocycles. The first-order valence-electron chi connectivity index (χ1n) is 3.93. The molecule has 16 heavy (non-hydrogen) atoms. The molecule has 0 radical (unpaired) electrons. The van der Waals surface area contributed by atoms with Gasteiger partial charge in [0, 0.05) is 0 Å². The third-order valence-corrected chi connectivity index (χ3v) is 1.44. The molecule has 6 nitrogen and oxygen atoms in total. The highest BCUT2D eigenvalue weighted by atomic mass is 19.4. The van der Waals surface area contributed by atoms with Gasteiger partial charge in [0.05, 0.1) is 11.8 Å². The van der Waals surface area contributed by atoms with Crippen LogP contribution in [0.1, 0.15) is 5.56 Å². The monoisotopic (exact) mass is 236 g/mol. The van der Waals surface area contributed by atoms with Crippen molar-refractivity contribution < 1.29 is 23.1 Å². The minimum absolute atomic E-state index is 0.0678. The second-order valence-electron chi connectivity index (χ2n) is 2.64. The van der Waals surface area contributed by atoms with Crippen LogP contribution in [0.3, 0.4) is 0 Å². The lowest BCUT2D eigenvalue weighted by Gasteiger charge is -2.10. The van der Waals surface area contributed by atoms with E-state index in [4.69, 9.17) is 10.9 Å². The molecule has 0 aliphatic rings. The van der Waals surface area contributed by atoms with Crippen molar-refractivity contribution >= 4 is 5.84 Å². The SMILES string of the molecule is N/C(=N/O)c1ccnnc1OCC(F)(F)F. The van der Waals surface area contributed by atoms with Crippen LogP contribution in [-0.4, -0.2) is 34.0 Å². The molecular weight excluding hydrogens is 229 g/mol. The molecule has 0 aromatic carbocycles. The van der Waals surface area contributed by atoms with Gasteiger partial charge in [0.1, 0.15) is 0 Å². The Balaban J connectivity index is 2.88. The van der Waals surface area contributed by atoms with Crippen molar-refractivity contribution in [1.82, 2.24) is 10.2 Å². The van der Waals surface area contributed by atoms with Crippen molar-refractivity contribution in [2.24, 2.45) is 10.9 Å². The minimum atomic E-state index is -4.50. The lowest BCUT2D eigenvalue weighted by molar-refractivity contribution is -0.154. The summed E-state index contributed by atoms with van der Waals surface area (Å²) in [5.41, 5.74) is 5.14. The van der Waals surface area contributed by atoms with Crippen molar-refractivity contribution in [3.63, 3.8) is 0 Å². The largest absolute Gasteiger partial charge is 0.466 e. The number of nitrogens with two attached hydrogens (primary N) is 1. The molecule has 0 aliphatic heterocycles. The standard InChI is InChI=1S/C7H7F3N4O2/c8-7(9,10)3-16-6-4(5(11)14-15)1-2-12-13-6/h1-2,15H,3H2,(H2,11,14). The maximum absolute atomic E-state index is 11.9. The van der Waals surface area contributed by atoms with Gasteiger partial charge in [-0.2, -0.15) is 18.3 Å². The van der Waals surface area contributed by atoms with Gasteiger partial charge in [0.25, 0.3) is 0 Å². The summed E-state index contributed by atoms with van der Waals surface area (Å²) >= 11 is 0. The Morgan fingerprint density at radius 2 is 2.25 bits per heavy atom. The lowest BCUT2D eigenvalue weighted by Crippen LogP contribution is -2.22. The Bertz CT molecular complexity index is 393. The summed E-state index contributed by atoms with van der Waals surface area (Å²) in [5.74, 6) is -0.859. The molecule has 0 atom stereocenters. The fraction of sp³-hybridized carbons (Fsp3) is 0.286. The number of hydrogen-bond donors (Lipinski definition) is 2. The molecular formula is C7H7F3N4O2. The van der Waals surface area contributed by atoms with Gasteiger partial charge in [-0.05, 0) is 6.07 Å². The lowest BCUT2D eigenvalue weighted by atomic mass is 10.3. The molecule has 0 spiro atoms. The number of halogens is 3. The molecule has 0 saturated heterocycles. The molecule has 0 amide bonds. The summed E-state index contributed by atoms with van der Waals surface area (Å²) in [5, 5.41) is 17.6. The van der Waals surface area contributed by atoms with Gasteiger partial charge in [-0.15, -0.1) is 5.10 Å². The van der Waals surface area contributed by atoms with Crippen LogP contribution in [0.2, 0.25) is 0 Å². The molecule has 0 bridgehead atoms. The first kappa shape index (κ1) is 12.0. The second-order valence-corrected chi connectivity index (χ2v) is 2.64. The zero-order valence-electron chi connectivity index (χ0n) is 7.77. The van der Waals surface area contributed by atoms with Crippen molar-refractivity contribution in [2.75, 3.05) is 6.61 Å². The van der Waals surface area contributed by atoms with Crippen LogP contribution >= 0.6 is 0 Å². The van der Waals surface area contributed by atoms with Crippen LogP contribution in [0.4, 0.5) is 13.2 Å². The van der Waals surface area contributed by atoms with Gasteiger partial charge in [-0.3, -0.25) is 0 Å². The highest BCUT2D eigenvalue weighted by molar-refractivity contribution is 5.98. The first-order chi connectivity index (χ1) is 7.44. The summed E-state index contributed by atoms with van der Waals surface area (Å²) in [6.45, 7) is -1.53. The van der Waals surface area contributed by atoms with Gasteiger partial charge >= 0.3 is 6.18 Å². The van der Waals surface area contributed by atoms with Crippen LogP contribution in [0.25, 0.3) is 0 Å². The number of oxime groups is 1. The molecule has 1 rings (SSSR count). The number of alkyl halides is 3. The smallest absolute Gasteiger partial charge is 0.422 e. The van der Waals surface area contributed by atoms with E-state index in [2.05, 4.69) is 20.1 Å². The van der Waals surface area contributed by atoms with Gasteiger partial charge < -0.3 is 15.7 Å². The predicted octanol–water partition coefficient (Wildman–Crippen LogP) is 0.512. The zero-order chi connectivity index (χ0) is 12.2. The maximum Gasteiger partial charge on any atom is 0.422 e. The molecule has 0 saturated carbocycles. The average Bonchev–Trinajstić information content (AvgIpc) is 2.25. The molecule has 1 aromatic heterocycles. The maximum atomic E-state index is 11.9. The number of ether oxygens (including phenoxy) is 1. The number of rotatable bonds is 3. The summed E-state index contributed by atoms with van der Waals surface area (Å²) < 4.78 is 40.0. The Morgan fingerprint density at radius 3 is 2.81 bits per heavy atom. The third-order valence-electron chi connectivity index (χ3n) is 1.44. The molecule has 0 fully saturated rings. The Labute approximate surface area is 87.5 Å². The van der Waals surface area contributed by atoms with E-state index in [0.29, 0.717) is 0 Å². The van der Waals surface area contributed by atoms with Crippen LogP contribution in [0, 0.1) is 0 Å². The fourth-order valence-electron chi connectivity index (χ4n) is 0.824. The normalized spacial score (nSPS) is 12.6. The second kappa shape index (κ2) is 4.64. The molecule has 9 heteroatoms. The summed E-state index contributed by atoms with van der Waals surface area (Å²) in [6, 6.07) is 1.22. The third kappa shape index (κ3) is 3.26. The Morgan fingerprint density at radius 1 is 1.56 bits per heavy atom. The Kier molecular flexibility index (Phi) is 3.48. The predicted molar refractivity (Wildman–Crippen MR) is 46.1 cm³/mol. The molecule has 0 unspecified atom stereocenters. The van der Waals surface area contributed by atoms with Crippen LogP contribution < -0.4 is 10.5 Å². The highest BCUT2D eigenvalue weighted by Crippen LogP contribution is 2.19. The van der Waals surface area contributed by atoms with Gasteiger partial charge in [-0.1, -0.05) is 5.16 Å². The van der Waals surface area contributed by atoms with E-state index in [-0.39, 0.29) is 5.56 Å².